The number of thioether (sulfide) groups is 1. The molecule has 2 N–H and O–H groups in total. The molecule has 0 heterocycles. The van der Waals surface area contributed by atoms with Gasteiger partial charge in [0.1, 0.15) is 5.75 Å². The van der Waals surface area contributed by atoms with E-state index in [2.05, 4.69) is 22.2 Å². The Morgan fingerprint density at radius 1 is 0.892 bits per heavy atom. The first kappa shape index (κ1) is 26.6. The Kier molecular flexibility index (Phi) is 8.76. The fourth-order valence-corrected chi connectivity index (χ4v) is 5.43. The molecule has 0 bridgehead atoms. The molecular formula is C28H25ClN2O4S2. The Morgan fingerprint density at radius 3 is 2.30 bits per heavy atom. The highest BCUT2D eigenvalue weighted by Crippen LogP contribution is 2.26. The molecule has 4 aromatic carbocycles. The fraction of sp³-hybridized carbons (Fsp3) is 0.107. The molecular weight excluding hydrogens is 528 g/mol. The van der Waals surface area contributed by atoms with Crippen LogP contribution in [0.25, 0.3) is 0 Å². The molecule has 37 heavy (non-hydrogen) atoms. The van der Waals surface area contributed by atoms with Crippen molar-refractivity contribution in [3.05, 3.63) is 113 Å². The number of anilines is 2. The lowest BCUT2D eigenvalue weighted by Crippen LogP contribution is -2.15. The first-order chi connectivity index (χ1) is 17.8. The Labute approximate surface area is 226 Å². The van der Waals surface area contributed by atoms with Crippen molar-refractivity contribution in [2.75, 3.05) is 22.4 Å². The molecule has 0 spiro atoms. The van der Waals surface area contributed by atoms with Crippen molar-refractivity contribution in [3.8, 4) is 5.75 Å². The number of rotatable bonds is 10. The fourth-order valence-electron chi connectivity index (χ4n) is 3.38. The first-order valence-corrected chi connectivity index (χ1v) is 14.3. The number of hydrogen-bond donors (Lipinski definition) is 2. The van der Waals surface area contributed by atoms with Gasteiger partial charge in [-0.3, -0.25) is 9.52 Å². The van der Waals surface area contributed by atoms with Gasteiger partial charge in [-0.1, -0.05) is 35.9 Å². The molecule has 6 nitrogen and oxygen atoms in total. The minimum Gasteiger partial charge on any atom is -0.493 e. The van der Waals surface area contributed by atoms with E-state index in [-0.39, 0.29) is 10.8 Å². The number of nitrogens with one attached hydrogen (secondary N) is 2. The average molecular weight is 553 g/mol. The Bertz CT molecular complexity index is 1460. The number of sulfonamides is 1. The van der Waals surface area contributed by atoms with E-state index in [4.69, 9.17) is 16.3 Å². The molecule has 1 amide bonds. The van der Waals surface area contributed by atoms with Crippen LogP contribution in [-0.4, -0.2) is 26.7 Å². The van der Waals surface area contributed by atoms with Crippen LogP contribution >= 0.6 is 23.4 Å². The van der Waals surface area contributed by atoms with E-state index in [1.807, 2.05) is 18.2 Å². The smallest absolute Gasteiger partial charge is 0.261 e. The Hall–Kier alpha value is -3.46. The molecule has 0 saturated heterocycles. The van der Waals surface area contributed by atoms with Crippen LogP contribution in [0.1, 0.15) is 15.9 Å². The predicted molar refractivity (Wildman–Crippen MR) is 150 cm³/mol. The summed E-state index contributed by atoms with van der Waals surface area (Å²) in [5.41, 5.74) is 1.98. The van der Waals surface area contributed by atoms with Crippen molar-refractivity contribution in [1.29, 1.82) is 0 Å². The van der Waals surface area contributed by atoms with Crippen molar-refractivity contribution < 1.29 is 17.9 Å². The highest BCUT2D eigenvalue weighted by Gasteiger charge is 2.16. The van der Waals surface area contributed by atoms with Gasteiger partial charge in [0.15, 0.2) is 0 Å². The molecule has 0 aliphatic heterocycles. The first-order valence-electron chi connectivity index (χ1n) is 11.4. The number of carbonyl (C=O) groups excluding carboxylic acids is 1. The number of benzene rings is 4. The lowest BCUT2D eigenvalue weighted by Gasteiger charge is -2.12. The zero-order valence-corrected chi connectivity index (χ0v) is 22.4. The third kappa shape index (κ3) is 7.29. The van der Waals surface area contributed by atoms with E-state index >= 15 is 0 Å². The van der Waals surface area contributed by atoms with Crippen molar-refractivity contribution in [2.45, 2.75) is 16.7 Å². The number of amides is 1. The SMILES string of the molecule is Cc1c(Cl)cccc1NS(=O)(=O)c1ccc(NC(=O)c2ccc(OCCSc3ccccc3)cc2)cc1. The van der Waals surface area contributed by atoms with Crippen molar-refractivity contribution in [2.24, 2.45) is 0 Å². The molecule has 0 atom stereocenters. The Balaban J connectivity index is 1.30. The van der Waals surface area contributed by atoms with Crippen molar-refractivity contribution in [1.82, 2.24) is 0 Å². The number of hydrogen-bond acceptors (Lipinski definition) is 5. The molecule has 190 valence electrons. The van der Waals surface area contributed by atoms with Gasteiger partial charge in [0.25, 0.3) is 15.9 Å². The molecule has 4 rings (SSSR count). The van der Waals surface area contributed by atoms with Crippen LogP contribution in [0.15, 0.2) is 107 Å². The maximum absolute atomic E-state index is 12.8. The summed E-state index contributed by atoms with van der Waals surface area (Å²) in [5.74, 6) is 1.18. The lowest BCUT2D eigenvalue weighted by molar-refractivity contribution is 0.102. The predicted octanol–water partition coefficient (Wildman–Crippen LogP) is 6.87. The summed E-state index contributed by atoms with van der Waals surface area (Å²) >= 11 is 7.80. The van der Waals surface area contributed by atoms with E-state index in [9.17, 15) is 13.2 Å². The zero-order chi connectivity index (χ0) is 26.3. The number of ether oxygens (including phenoxy) is 1. The van der Waals surface area contributed by atoms with Crippen LogP contribution in [0.3, 0.4) is 0 Å². The summed E-state index contributed by atoms with van der Waals surface area (Å²) in [6.45, 7) is 2.29. The molecule has 0 unspecified atom stereocenters. The summed E-state index contributed by atoms with van der Waals surface area (Å²) in [6, 6.07) is 27.9. The molecule has 4 aromatic rings. The summed E-state index contributed by atoms with van der Waals surface area (Å²) in [7, 11) is -3.82. The summed E-state index contributed by atoms with van der Waals surface area (Å²) in [5, 5.41) is 3.25. The maximum atomic E-state index is 12.8. The second-order valence-electron chi connectivity index (χ2n) is 8.03. The van der Waals surface area contributed by atoms with Gasteiger partial charge in [0, 0.05) is 26.9 Å². The van der Waals surface area contributed by atoms with Crippen LogP contribution < -0.4 is 14.8 Å². The van der Waals surface area contributed by atoms with Crippen molar-refractivity contribution in [3.63, 3.8) is 0 Å². The van der Waals surface area contributed by atoms with Gasteiger partial charge in [-0.25, -0.2) is 8.42 Å². The summed E-state index contributed by atoms with van der Waals surface area (Å²) < 4.78 is 33.8. The number of halogens is 1. The van der Waals surface area contributed by atoms with Crippen LogP contribution in [0, 0.1) is 6.92 Å². The molecule has 0 aliphatic rings. The second kappa shape index (κ2) is 12.2. The molecule has 0 aliphatic carbocycles. The van der Waals surface area contributed by atoms with Gasteiger partial charge in [-0.2, -0.15) is 0 Å². The normalized spacial score (nSPS) is 11.1. The van der Waals surface area contributed by atoms with E-state index in [0.717, 1.165) is 5.75 Å². The van der Waals surface area contributed by atoms with Gasteiger partial charge in [0.2, 0.25) is 0 Å². The Morgan fingerprint density at radius 2 is 1.59 bits per heavy atom. The van der Waals surface area contributed by atoms with E-state index in [1.54, 1.807) is 73.3 Å². The van der Waals surface area contributed by atoms with Crippen LogP contribution in [0.2, 0.25) is 5.02 Å². The standard InChI is InChI=1S/C28H25ClN2O4S2/c1-20-26(29)8-5-9-27(20)31-37(33,34)25-16-12-22(13-17-25)30-28(32)21-10-14-23(15-11-21)35-18-19-36-24-6-3-2-4-7-24/h2-17,31H,18-19H2,1H3,(H,30,32). The molecule has 0 aromatic heterocycles. The van der Waals surface area contributed by atoms with Gasteiger partial charge in [-0.05, 0) is 85.3 Å². The topological polar surface area (TPSA) is 84.5 Å². The second-order valence-corrected chi connectivity index (χ2v) is 11.3. The average Bonchev–Trinajstić information content (AvgIpc) is 2.90. The van der Waals surface area contributed by atoms with Crippen molar-refractivity contribution >= 4 is 50.7 Å². The third-order valence-corrected chi connectivity index (χ3v) is 8.18. The van der Waals surface area contributed by atoms with E-state index in [1.165, 1.54) is 17.0 Å². The van der Waals surface area contributed by atoms with Gasteiger partial charge in [-0.15, -0.1) is 11.8 Å². The highest BCUT2D eigenvalue weighted by atomic mass is 35.5. The van der Waals surface area contributed by atoms with Crippen LogP contribution in [0.5, 0.6) is 5.75 Å². The van der Waals surface area contributed by atoms with E-state index in [0.29, 0.717) is 39.9 Å². The quantitative estimate of drug-likeness (QED) is 0.166. The third-order valence-electron chi connectivity index (χ3n) is 5.42. The minimum atomic E-state index is -3.82. The molecule has 9 heteroatoms. The van der Waals surface area contributed by atoms with E-state index < -0.39 is 10.0 Å². The van der Waals surface area contributed by atoms with Gasteiger partial charge >= 0.3 is 0 Å². The van der Waals surface area contributed by atoms with Crippen LogP contribution in [0.4, 0.5) is 11.4 Å². The molecule has 0 saturated carbocycles. The maximum Gasteiger partial charge on any atom is 0.261 e. The minimum absolute atomic E-state index is 0.0665. The summed E-state index contributed by atoms with van der Waals surface area (Å²) in [4.78, 5) is 13.9. The lowest BCUT2D eigenvalue weighted by atomic mass is 10.2. The van der Waals surface area contributed by atoms with Gasteiger partial charge in [0.05, 0.1) is 17.2 Å². The van der Waals surface area contributed by atoms with Gasteiger partial charge < -0.3 is 10.1 Å². The molecule has 0 fully saturated rings. The largest absolute Gasteiger partial charge is 0.493 e. The monoisotopic (exact) mass is 552 g/mol. The summed E-state index contributed by atoms with van der Waals surface area (Å²) in [6.07, 6.45) is 0. The zero-order valence-electron chi connectivity index (χ0n) is 20.0. The van der Waals surface area contributed by atoms with Crippen LogP contribution in [-0.2, 0) is 10.0 Å². The number of carbonyl (C=O) groups is 1. The molecule has 0 radical (unpaired) electrons. The highest BCUT2D eigenvalue weighted by molar-refractivity contribution is 7.99.